The maximum Gasteiger partial charge on any atom is 0.263 e. The second-order valence-electron chi connectivity index (χ2n) is 9.34. The summed E-state index contributed by atoms with van der Waals surface area (Å²) in [5.74, 6) is -0.181. The van der Waals surface area contributed by atoms with Crippen molar-refractivity contribution in [1.29, 1.82) is 0 Å². The van der Waals surface area contributed by atoms with Crippen LogP contribution in [0.1, 0.15) is 33.8 Å². The molecule has 188 valence electrons. The summed E-state index contributed by atoms with van der Waals surface area (Å²) in [5, 5.41) is 0.390. The Balaban J connectivity index is 1.55. The van der Waals surface area contributed by atoms with E-state index in [0.29, 0.717) is 5.02 Å². The van der Waals surface area contributed by atoms with Crippen molar-refractivity contribution >= 4 is 62.1 Å². The molecule has 0 saturated carbocycles. The van der Waals surface area contributed by atoms with Gasteiger partial charge >= 0.3 is 0 Å². The number of likely N-dealkylation sites (N-methyl/N-ethyl adjacent to an activating group) is 1. The van der Waals surface area contributed by atoms with Crippen LogP contribution < -0.4 is 9.62 Å². The highest BCUT2D eigenvalue weighted by Gasteiger charge is 2.44. The van der Waals surface area contributed by atoms with E-state index < -0.39 is 10.0 Å². The van der Waals surface area contributed by atoms with Gasteiger partial charge in [0.05, 0.1) is 21.3 Å². The lowest BCUT2D eigenvalue weighted by Gasteiger charge is -2.36. The summed E-state index contributed by atoms with van der Waals surface area (Å²) < 4.78 is 28.9. The summed E-state index contributed by atoms with van der Waals surface area (Å²) in [6.45, 7) is 3.73. The van der Waals surface area contributed by atoms with Gasteiger partial charge in [0.2, 0.25) is 0 Å². The van der Waals surface area contributed by atoms with E-state index in [9.17, 15) is 13.2 Å². The molecule has 10 heteroatoms. The van der Waals surface area contributed by atoms with E-state index in [1.807, 2.05) is 19.1 Å². The van der Waals surface area contributed by atoms with Crippen LogP contribution in [0.4, 0.5) is 11.4 Å². The Morgan fingerprint density at radius 2 is 1.81 bits per heavy atom. The number of piperidine rings is 1. The predicted molar refractivity (Wildman–Crippen MR) is 145 cm³/mol. The van der Waals surface area contributed by atoms with E-state index in [2.05, 4.69) is 22.7 Å². The van der Waals surface area contributed by atoms with Gasteiger partial charge in [-0.05, 0) is 68.9 Å². The van der Waals surface area contributed by atoms with Crippen LogP contribution in [0.3, 0.4) is 0 Å². The highest BCUT2D eigenvalue weighted by molar-refractivity contribution is 7.92. The molecule has 0 aromatic heterocycles. The van der Waals surface area contributed by atoms with E-state index in [1.54, 1.807) is 23.1 Å². The first-order chi connectivity index (χ1) is 17.0. The Morgan fingerprint density at radius 1 is 1.03 bits per heavy atom. The number of anilines is 2. The Labute approximate surface area is 225 Å². The number of carbonyl (C=O) groups is 1. The number of hydrogen-bond donors (Lipinski definition) is 1. The topological polar surface area (TPSA) is 69.7 Å². The van der Waals surface area contributed by atoms with Gasteiger partial charge in [0.25, 0.3) is 15.9 Å². The van der Waals surface area contributed by atoms with Gasteiger partial charge in [0, 0.05) is 29.2 Å². The second kappa shape index (κ2) is 9.54. The lowest BCUT2D eigenvalue weighted by atomic mass is 9.88. The maximum absolute atomic E-state index is 14.0. The predicted octanol–water partition coefficient (Wildman–Crippen LogP) is 6.20. The summed E-state index contributed by atoms with van der Waals surface area (Å²) in [5.41, 5.74) is 3.45. The molecular formula is C26H24Cl3N3O3S. The second-order valence-corrected chi connectivity index (χ2v) is 12.2. The number of fused-ring (bicyclic) bond motifs is 3. The third kappa shape index (κ3) is 4.59. The molecule has 1 N–H and O–H groups in total. The zero-order valence-electron chi connectivity index (χ0n) is 19.6. The number of nitrogens with zero attached hydrogens (tertiary/aromatic N) is 2. The zero-order valence-corrected chi connectivity index (χ0v) is 22.7. The van der Waals surface area contributed by atoms with Crippen LogP contribution >= 0.6 is 34.8 Å². The van der Waals surface area contributed by atoms with Gasteiger partial charge in [0.1, 0.15) is 4.90 Å². The van der Waals surface area contributed by atoms with Crippen LogP contribution in [0.25, 0.3) is 0 Å². The van der Waals surface area contributed by atoms with E-state index >= 15 is 0 Å². The SMILES string of the molecule is Cc1ccc2c(c1)C1CN(C)CCC1N2C(=O)c1cc(S(=O)(=O)Nc2cccc(Cl)c2)c(Cl)cc1Cl. The Morgan fingerprint density at radius 3 is 2.56 bits per heavy atom. The number of aryl methyl sites for hydroxylation is 1. The fourth-order valence-corrected chi connectivity index (χ4v) is 7.23. The van der Waals surface area contributed by atoms with Gasteiger partial charge in [-0.15, -0.1) is 0 Å². The molecule has 2 unspecified atom stereocenters. The highest BCUT2D eigenvalue weighted by atomic mass is 35.5. The van der Waals surface area contributed by atoms with Crippen molar-refractivity contribution in [3.8, 4) is 0 Å². The van der Waals surface area contributed by atoms with E-state index in [1.165, 1.54) is 18.2 Å². The first-order valence-corrected chi connectivity index (χ1v) is 14.1. The summed E-state index contributed by atoms with van der Waals surface area (Å²) in [7, 11) is -2.05. The number of likely N-dealkylation sites (tertiary alicyclic amines) is 1. The van der Waals surface area contributed by atoms with Crippen molar-refractivity contribution in [2.75, 3.05) is 29.8 Å². The minimum Gasteiger partial charge on any atom is -0.306 e. The lowest BCUT2D eigenvalue weighted by Crippen LogP contribution is -2.47. The zero-order chi connectivity index (χ0) is 25.8. The van der Waals surface area contributed by atoms with Crippen molar-refractivity contribution in [3.05, 3.63) is 86.4 Å². The molecule has 6 nitrogen and oxygen atoms in total. The van der Waals surface area contributed by atoms with Gasteiger partial charge in [-0.3, -0.25) is 9.52 Å². The van der Waals surface area contributed by atoms with Crippen LogP contribution in [0.2, 0.25) is 15.1 Å². The number of hydrogen-bond acceptors (Lipinski definition) is 4. The quantitative estimate of drug-likeness (QED) is 0.409. The van der Waals surface area contributed by atoms with E-state index in [4.69, 9.17) is 34.8 Å². The summed E-state index contributed by atoms with van der Waals surface area (Å²) in [6, 6.07) is 14.9. The van der Waals surface area contributed by atoms with Crippen LogP contribution in [0.5, 0.6) is 0 Å². The third-order valence-corrected chi connectivity index (χ3v) is 9.18. The van der Waals surface area contributed by atoms with Gasteiger partial charge in [-0.2, -0.15) is 0 Å². The molecule has 1 amide bonds. The standard InChI is InChI=1S/C26H24Cl3N3O3S/c1-15-6-7-23-18(10-15)20-14-31(2)9-8-24(20)32(23)26(33)19-12-25(22(29)13-21(19)28)36(34,35)30-17-5-3-4-16(27)11-17/h3-7,10-13,20,24,30H,8-9,14H2,1-2H3. The molecule has 2 atom stereocenters. The molecule has 3 aromatic carbocycles. The number of sulfonamides is 1. The molecule has 2 heterocycles. The van der Waals surface area contributed by atoms with Crippen LogP contribution in [0.15, 0.2) is 59.5 Å². The summed E-state index contributed by atoms with van der Waals surface area (Å²) >= 11 is 18.8. The molecule has 0 radical (unpaired) electrons. The molecule has 5 rings (SSSR count). The van der Waals surface area contributed by atoms with Gasteiger partial charge < -0.3 is 9.80 Å². The Hall–Kier alpha value is -2.29. The fourth-order valence-electron chi connectivity index (χ4n) is 5.14. The van der Waals surface area contributed by atoms with Crippen molar-refractivity contribution in [2.45, 2.75) is 30.2 Å². The molecule has 2 aliphatic heterocycles. The number of nitrogens with one attached hydrogen (secondary N) is 1. The summed E-state index contributed by atoms with van der Waals surface area (Å²) in [6.07, 6.45) is 0.799. The number of benzene rings is 3. The summed E-state index contributed by atoms with van der Waals surface area (Å²) in [4.78, 5) is 17.8. The average Bonchev–Trinajstić information content (AvgIpc) is 3.11. The van der Waals surface area contributed by atoms with E-state index in [0.717, 1.165) is 36.3 Å². The molecule has 0 spiro atoms. The highest BCUT2D eigenvalue weighted by Crippen LogP contribution is 2.46. The van der Waals surface area contributed by atoms with Crippen molar-refractivity contribution in [2.24, 2.45) is 0 Å². The number of rotatable bonds is 4. The Bertz CT molecular complexity index is 1480. The minimum atomic E-state index is -4.13. The normalized spacial score (nSPS) is 19.6. The smallest absolute Gasteiger partial charge is 0.263 e. The average molecular weight is 565 g/mol. The Kier molecular flexibility index (Phi) is 6.72. The van der Waals surface area contributed by atoms with Crippen LogP contribution in [0, 0.1) is 6.92 Å². The first kappa shape index (κ1) is 25.4. The van der Waals surface area contributed by atoms with Crippen LogP contribution in [-0.4, -0.2) is 45.4 Å². The molecule has 2 aliphatic rings. The third-order valence-electron chi connectivity index (χ3n) is 6.79. The number of carbonyl (C=O) groups excluding carboxylic acids is 1. The number of halogens is 3. The lowest BCUT2D eigenvalue weighted by molar-refractivity contribution is 0.0964. The maximum atomic E-state index is 14.0. The van der Waals surface area contributed by atoms with Crippen molar-refractivity contribution in [1.82, 2.24) is 4.90 Å². The molecule has 1 saturated heterocycles. The largest absolute Gasteiger partial charge is 0.306 e. The molecular weight excluding hydrogens is 541 g/mol. The molecule has 0 bridgehead atoms. The minimum absolute atomic E-state index is 0.0399. The van der Waals surface area contributed by atoms with Gasteiger partial charge in [-0.25, -0.2) is 8.42 Å². The first-order valence-electron chi connectivity index (χ1n) is 11.5. The monoisotopic (exact) mass is 563 g/mol. The molecule has 36 heavy (non-hydrogen) atoms. The van der Waals surface area contributed by atoms with E-state index in [-0.39, 0.29) is 44.1 Å². The van der Waals surface area contributed by atoms with Crippen molar-refractivity contribution in [3.63, 3.8) is 0 Å². The fraction of sp³-hybridized carbons (Fsp3) is 0.269. The van der Waals surface area contributed by atoms with Crippen molar-refractivity contribution < 1.29 is 13.2 Å². The van der Waals surface area contributed by atoms with Crippen LogP contribution in [-0.2, 0) is 10.0 Å². The van der Waals surface area contributed by atoms with Gasteiger partial charge in [-0.1, -0.05) is 58.6 Å². The number of amides is 1. The molecule has 3 aromatic rings. The van der Waals surface area contributed by atoms with Gasteiger partial charge in [0.15, 0.2) is 0 Å². The molecule has 1 fully saturated rings. The molecule has 0 aliphatic carbocycles.